The van der Waals surface area contributed by atoms with Gasteiger partial charge in [-0.1, -0.05) is 36.7 Å². The van der Waals surface area contributed by atoms with Crippen LogP contribution in [0.1, 0.15) is 67.4 Å². The molecule has 1 amide bonds. The minimum Gasteiger partial charge on any atom is -0.487 e. The molecule has 2 aromatic rings. The first-order valence-corrected chi connectivity index (χ1v) is 18.4. The van der Waals surface area contributed by atoms with E-state index < -0.39 is 26.8 Å². The van der Waals surface area contributed by atoms with Gasteiger partial charge in [-0.15, -0.1) is 0 Å². The molecule has 2 heterocycles. The van der Waals surface area contributed by atoms with Crippen molar-refractivity contribution in [3.05, 3.63) is 70.3 Å². The fourth-order valence-corrected chi connectivity index (χ4v) is 8.53. The number of amides is 1. The molecular weight excluding hydrogens is 626 g/mol. The van der Waals surface area contributed by atoms with E-state index in [1.165, 1.54) is 0 Å². The van der Waals surface area contributed by atoms with Crippen molar-refractivity contribution in [1.29, 1.82) is 0 Å². The normalized spacial score (nSPS) is 29.3. The molecular formula is C35H48ClN3O6S. The highest BCUT2D eigenvalue weighted by Crippen LogP contribution is 2.45. The Balaban J connectivity index is 1.56. The van der Waals surface area contributed by atoms with Crippen molar-refractivity contribution in [3.8, 4) is 5.75 Å². The first-order chi connectivity index (χ1) is 21.9. The Morgan fingerprint density at radius 1 is 1.13 bits per heavy atom. The molecule has 3 aliphatic rings. The molecule has 1 aliphatic carbocycles. The Morgan fingerprint density at radius 3 is 2.67 bits per heavy atom. The molecule has 1 fully saturated rings. The third-order valence-electron chi connectivity index (χ3n) is 10.2. The summed E-state index contributed by atoms with van der Waals surface area (Å²) in [6, 6.07) is 11.0. The van der Waals surface area contributed by atoms with Crippen LogP contribution < -0.4 is 14.4 Å². The number of fused-ring (bicyclic) bond motifs is 3. The number of halogens is 1. The zero-order valence-corrected chi connectivity index (χ0v) is 28.7. The van der Waals surface area contributed by atoms with E-state index in [9.17, 15) is 23.4 Å². The number of allylic oxidation sites excluding steroid dienone is 1. The van der Waals surface area contributed by atoms with E-state index in [1.807, 2.05) is 49.2 Å². The maximum atomic E-state index is 13.4. The summed E-state index contributed by atoms with van der Waals surface area (Å²) in [5, 5.41) is 21.6. The maximum Gasteiger partial charge on any atom is 0.264 e. The molecule has 0 spiro atoms. The number of nitrogens with one attached hydrogen (secondary N) is 1. The number of benzene rings is 2. The Bertz CT molecular complexity index is 1530. The lowest BCUT2D eigenvalue weighted by Gasteiger charge is -2.49. The van der Waals surface area contributed by atoms with Gasteiger partial charge >= 0.3 is 0 Å². The second-order valence-corrected chi connectivity index (χ2v) is 16.0. The number of nitrogens with zero attached hydrogens (tertiary/aromatic N) is 2. The molecule has 5 atom stereocenters. The van der Waals surface area contributed by atoms with Gasteiger partial charge in [-0.25, -0.2) is 13.1 Å². The van der Waals surface area contributed by atoms with Gasteiger partial charge in [0.15, 0.2) is 0 Å². The summed E-state index contributed by atoms with van der Waals surface area (Å²) in [6.07, 6.45) is 8.64. The van der Waals surface area contributed by atoms with Crippen LogP contribution in [0.3, 0.4) is 0 Å². The highest BCUT2D eigenvalue weighted by molar-refractivity contribution is 7.90. The van der Waals surface area contributed by atoms with Crippen molar-refractivity contribution in [3.63, 3.8) is 0 Å². The Kier molecular flexibility index (Phi) is 11.0. The molecule has 1 saturated carbocycles. The van der Waals surface area contributed by atoms with Crippen molar-refractivity contribution in [2.75, 3.05) is 44.7 Å². The number of aliphatic hydroxyl groups is 2. The van der Waals surface area contributed by atoms with Gasteiger partial charge in [0, 0.05) is 36.8 Å². The number of hydrogen-bond acceptors (Lipinski definition) is 8. The van der Waals surface area contributed by atoms with Gasteiger partial charge in [-0.05, 0) is 112 Å². The minimum atomic E-state index is -3.99. The van der Waals surface area contributed by atoms with Gasteiger partial charge in [0.1, 0.15) is 12.4 Å². The molecule has 0 aromatic heterocycles. The number of rotatable bonds is 4. The summed E-state index contributed by atoms with van der Waals surface area (Å²) in [4.78, 5) is 17.6. The lowest BCUT2D eigenvalue weighted by atomic mass is 9.64. The summed E-state index contributed by atoms with van der Waals surface area (Å²) < 4.78 is 35.4. The smallest absolute Gasteiger partial charge is 0.264 e. The fourth-order valence-electron chi connectivity index (χ4n) is 7.05. The van der Waals surface area contributed by atoms with E-state index in [0.717, 1.165) is 48.9 Å². The van der Waals surface area contributed by atoms with Crippen LogP contribution in [0.4, 0.5) is 5.69 Å². The summed E-state index contributed by atoms with van der Waals surface area (Å²) in [7, 11) is -2.10. The molecule has 2 aliphatic heterocycles. The third-order valence-corrected chi connectivity index (χ3v) is 12.3. The maximum absolute atomic E-state index is 13.4. The van der Waals surface area contributed by atoms with Crippen molar-refractivity contribution < 1.29 is 28.2 Å². The number of aliphatic hydroxyl groups excluding tert-OH is 1. The number of aryl methyl sites for hydroxylation is 1. The molecule has 0 saturated heterocycles. The SMILES string of the molecule is C[C@@H]1[C@@H](C)C/C=C/[C@](O)(CN(C)CCO)C2CC[C@H]2CN2CCCCc3cc(Cl)ccc3COc3ccc(cc32)C(=O)NS1(=O)=O. The molecule has 252 valence electrons. The topological polar surface area (TPSA) is 119 Å². The van der Waals surface area contributed by atoms with E-state index in [-0.39, 0.29) is 29.9 Å². The van der Waals surface area contributed by atoms with Crippen molar-refractivity contribution in [1.82, 2.24) is 9.62 Å². The number of anilines is 1. The van der Waals surface area contributed by atoms with Gasteiger partial charge in [-0.2, -0.15) is 0 Å². The summed E-state index contributed by atoms with van der Waals surface area (Å²) in [5.41, 5.74) is 2.03. The number of carbonyl (C=O) groups excluding carboxylic acids is 1. The Hall–Kier alpha value is -2.63. The molecule has 2 bridgehead atoms. The summed E-state index contributed by atoms with van der Waals surface area (Å²) in [5.74, 6) is -0.219. The van der Waals surface area contributed by atoms with Crippen LogP contribution in [0.2, 0.25) is 5.02 Å². The molecule has 9 nitrogen and oxygen atoms in total. The number of sulfonamides is 1. The van der Waals surface area contributed by atoms with E-state index in [2.05, 4.69) is 9.62 Å². The molecule has 11 heteroatoms. The number of likely N-dealkylation sites (N-methyl/N-ethyl adjacent to an activating group) is 1. The lowest BCUT2D eigenvalue weighted by molar-refractivity contribution is -0.0623. The van der Waals surface area contributed by atoms with Crippen LogP contribution in [-0.2, 0) is 23.1 Å². The lowest BCUT2D eigenvalue weighted by Crippen LogP contribution is -2.55. The van der Waals surface area contributed by atoms with E-state index >= 15 is 0 Å². The van der Waals surface area contributed by atoms with Gasteiger partial charge in [0.25, 0.3) is 5.91 Å². The first-order valence-electron chi connectivity index (χ1n) is 16.4. The third kappa shape index (κ3) is 7.90. The number of hydrogen-bond donors (Lipinski definition) is 3. The second kappa shape index (κ2) is 14.6. The zero-order valence-electron chi connectivity index (χ0n) is 27.1. The predicted molar refractivity (Wildman–Crippen MR) is 182 cm³/mol. The zero-order chi connectivity index (χ0) is 33.1. The van der Waals surface area contributed by atoms with Crippen molar-refractivity contribution in [2.24, 2.45) is 17.8 Å². The number of carbonyl (C=O) groups is 1. The van der Waals surface area contributed by atoms with E-state index in [4.69, 9.17) is 16.3 Å². The Morgan fingerprint density at radius 2 is 1.93 bits per heavy atom. The van der Waals surface area contributed by atoms with E-state index in [1.54, 1.807) is 25.1 Å². The molecule has 0 radical (unpaired) electrons. The quantitative estimate of drug-likeness (QED) is 0.397. The molecule has 1 unspecified atom stereocenters. The van der Waals surface area contributed by atoms with Crippen molar-refractivity contribution in [2.45, 2.75) is 69.8 Å². The highest BCUT2D eigenvalue weighted by atomic mass is 35.5. The Labute approximate surface area is 278 Å². The molecule has 5 rings (SSSR count). The van der Waals surface area contributed by atoms with Gasteiger partial charge in [0.2, 0.25) is 10.0 Å². The van der Waals surface area contributed by atoms with Crippen LogP contribution in [0.15, 0.2) is 48.6 Å². The average Bonchev–Trinajstić information content (AvgIpc) is 3.01. The second-order valence-electron chi connectivity index (χ2n) is 13.5. The fraction of sp³-hybridized carbons (Fsp3) is 0.571. The molecule has 3 N–H and O–H groups in total. The summed E-state index contributed by atoms with van der Waals surface area (Å²) >= 11 is 6.34. The standard InChI is InChI=1S/C35H48ClN3O6S/c1-24-7-6-15-35(42,23-38(3)17-18-40)31-13-10-28(31)21-39-16-5-4-8-26-19-30(36)12-9-29(26)22-45-33-14-11-27(20-32(33)39)34(41)37-46(43,44)25(24)2/h6,9,11-12,14-15,19-20,24-25,28,31,40,42H,4-5,7-8,10,13,16-18,21-23H2,1-3H3,(H,37,41)/b15-6+/t24-,25+,28-,31?,35-/m0/s1. The molecule has 2 aromatic carbocycles. The van der Waals surface area contributed by atoms with E-state index in [0.29, 0.717) is 50.0 Å². The highest BCUT2D eigenvalue weighted by Gasteiger charge is 2.46. The van der Waals surface area contributed by atoms with Crippen LogP contribution >= 0.6 is 11.6 Å². The van der Waals surface area contributed by atoms with Crippen molar-refractivity contribution >= 4 is 33.2 Å². The van der Waals surface area contributed by atoms with Gasteiger partial charge in [-0.3, -0.25) is 4.79 Å². The van der Waals surface area contributed by atoms with Crippen LogP contribution in [-0.4, -0.2) is 80.1 Å². The van der Waals surface area contributed by atoms with Crippen LogP contribution in [0.5, 0.6) is 5.75 Å². The van der Waals surface area contributed by atoms with Crippen LogP contribution in [0, 0.1) is 17.8 Å². The van der Waals surface area contributed by atoms with Crippen LogP contribution in [0.25, 0.3) is 0 Å². The molecule has 46 heavy (non-hydrogen) atoms. The van der Waals surface area contributed by atoms with Gasteiger partial charge < -0.3 is 24.7 Å². The number of ether oxygens (including phenoxy) is 1. The minimum absolute atomic E-state index is 0.00845. The average molecular weight is 674 g/mol. The predicted octanol–water partition coefficient (Wildman–Crippen LogP) is 4.79. The summed E-state index contributed by atoms with van der Waals surface area (Å²) in [6.45, 7) is 5.91. The van der Waals surface area contributed by atoms with Gasteiger partial charge in [0.05, 0.1) is 23.1 Å². The first kappa shape index (κ1) is 34.7. The largest absolute Gasteiger partial charge is 0.487 e. The monoisotopic (exact) mass is 673 g/mol.